The summed E-state index contributed by atoms with van der Waals surface area (Å²) in [7, 11) is 0. The number of carbonyl (C=O) groups excluding carboxylic acids is 2. The van der Waals surface area contributed by atoms with Crippen LogP contribution in [0.3, 0.4) is 0 Å². The lowest BCUT2D eigenvalue weighted by Gasteiger charge is -2.38. The van der Waals surface area contributed by atoms with Crippen LogP contribution in [0.2, 0.25) is 0 Å². The number of hydrogen-bond donors (Lipinski definition) is 0. The van der Waals surface area contributed by atoms with Crippen molar-refractivity contribution in [3.8, 4) is 5.69 Å². The monoisotopic (exact) mass is 503 g/mol. The molecule has 6 rings (SSSR count). The minimum atomic E-state index is -0.775. The lowest BCUT2D eigenvalue weighted by Crippen LogP contribution is -2.47. The van der Waals surface area contributed by atoms with Gasteiger partial charge in [-0.05, 0) is 55.1 Å². The van der Waals surface area contributed by atoms with E-state index in [1.54, 1.807) is 4.57 Å². The largest absolute Gasteiger partial charge is 0.300 e. The molecule has 0 N–H and O–H groups in total. The molecule has 0 saturated heterocycles. The second-order valence-corrected chi connectivity index (χ2v) is 10.8. The Hall–Kier alpha value is -3.56. The Bertz CT molecular complexity index is 1650. The Balaban J connectivity index is 1.47. The first-order valence-electron chi connectivity index (χ1n) is 10.9. The van der Waals surface area contributed by atoms with Gasteiger partial charge in [0.25, 0.3) is 17.2 Å². The summed E-state index contributed by atoms with van der Waals surface area (Å²) in [5.41, 5.74) is 2.23. The predicted molar refractivity (Wildman–Crippen MR) is 136 cm³/mol. The highest BCUT2D eigenvalue weighted by Gasteiger charge is 2.47. The highest BCUT2D eigenvalue weighted by molar-refractivity contribution is 7.99. The first-order valence-corrected chi connectivity index (χ1v) is 12.8. The van der Waals surface area contributed by atoms with Gasteiger partial charge in [0, 0.05) is 11.3 Å². The van der Waals surface area contributed by atoms with Gasteiger partial charge in [0.2, 0.25) is 0 Å². The maximum absolute atomic E-state index is 14.5. The predicted octanol–water partition coefficient (Wildman–Crippen LogP) is 5.08. The van der Waals surface area contributed by atoms with Gasteiger partial charge in [-0.3, -0.25) is 23.9 Å². The van der Waals surface area contributed by atoms with Gasteiger partial charge in [0.15, 0.2) is 5.16 Å². The molecule has 9 heteroatoms. The number of carbonyl (C=O) groups is 2. The molecule has 0 aliphatic carbocycles. The molecule has 4 heterocycles. The average molecular weight is 504 g/mol. The van der Waals surface area contributed by atoms with E-state index < -0.39 is 23.0 Å². The number of benzene rings is 2. The molecule has 0 spiro atoms. The van der Waals surface area contributed by atoms with Crippen LogP contribution in [0.4, 0.5) is 10.1 Å². The molecular weight excluding hydrogens is 485 g/mol. The lowest BCUT2D eigenvalue weighted by atomic mass is 9.89. The van der Waals surface area contributed by atoms with Crippen molar-refractivity contribution in [1.82, 2.24) is 9.55 Å². The van der Waals surface area contributed by atoms with Crippen LogP contribution in [0, 0.1) is 5.82 Å². The van der Waals surface area contributed by atoms with Crippen molar-refractivity contribution >= 4 is 56.3 Å². The van der Waals surface area contributed by atoms with Crippen molar-refractivity contribution in [3.05, 3.63) is 87.3 Å². The normalized spacial score (nSPS) is 16.1. The van der Waals surface area contributed by atoms with Gasteiger partial charge in [0.05, 0.1) is 28.0 Å². The van der Waals surface area contributed by atoms with Gasteiger partial charge < -0.3 is 0 Å². The number of hydrogen-bond acceptors (Lipinski definition) is 6. The molecule has 174 valence electrons. The zero-order valence-corrected chi connectivity index (χ0v) is 20.4. The quantitative estimate of drug-likeness (QED) is 0.221. The minimum absolute atomic E-state index is 0.0905. The smallest absolute Gasteiger partial charge is 0.295 e. The van der Waals surface area contributed by atoms with E-state index in [0.717, 1.165) is 11.6 Å². The fourth-order valence-corrected chi connectivity index (χ4v) is 6.51. The van der Waals surface area contributed by atoms with E-state index in [4.69, 9.17) is 4.98 Å². The Morgan fingerprint density at radius 2 is 1.80 bits per heavy atom. The first-order chi connectivity index (χ1) is 16.8. The lowest BCUT2D eigenvalue weighted by molar-refractivity contribution is -0.115. The Morgan fingerprint density at radius 1 is 1.06 bits per heavy atom. The number of amides is 1. The molecule has 4 aromatic rings. The molecule has 6 nitrogen and oxygen atoms in total. The summed E-state index contributed by atoms with van der Waals surface area (Å²) in [4.78, 5) is 44.8. The summed E-state index contributed by atoms with van der Waals surface area (Å²) in [6.45, 7) is 3.69. The number of thioether (sulfide) groups is 1. The molecule has 0 bridgehead atoms. The van der Waals surface area contributed by atoms with Crippen LogP contribution in [0.15, 0.2) is 69.9 Å². The van der Waals surface area contributed by atoms with Gasteiger partial charge >= 0.3 is 0 Å². The van der Waals surface area contributed by atoms with E-state index in [1.807, 2.05) is 61.7 Å². The van der Waals surface area contributed by atoms with Crippen LogP contribution in [0.1, 0.15) is 29.8 Å². The van der Waals surface area contributed by atoms with Gasteiger partial charge in [-0.1, -0.05) is 36.0 Å². The molecule has 0 saturated carbocycles. The molecule has 2 aromatic carbocycles. The molecular formula is C26H18FN3O3S2. The Morgan fingerprint density at radius 3 is 2.57 bits per heavy atom. The molecule has 35 heavy (non-hydrogen) atoms. The number of thiophene rings is 1. The van der Waals surface area contributed by atoms with Crippen LogP contribution >= 0.6 is 23.1 Å². The number of ketones is 1. The van der Waals surface area contributed by atoms with Crippen LogP contribution in [0.25, 0.3) is 21.5 Å². The number of halogens is 1. The molecule has 1 amide bonds. The van der Waals surface area contributed by atoms with Gasteiger partial charge in [-0.15, -0.1) is 11.3 Å². The molecule has 0 fully saturated rings. The second-order valence-electron chi connectivity index (χ2n) is 8.94. The Kier molecular flexibility index (Phi) is 4.84. The van der Waals surface area contributed by atoms with Crippen molar-refractivity contribution in [3.63, 3.8) is 0 Å². The van der Waals surface area contributed by atoms with E-state index >= 15 is 0 Å². The van der Waals surface area contributed by atoms with Crippen molar-refractivity contribution in [2.24, 2.45) is 0 Å². The minimum Gasteiger partial charge on any atom is -0.295 e. The molecule has 0 unspecified atom stereocenters. The summed E-state index contributed by atoms with van der Waals surface area (Å²) < 4.78 is 16.7. The third-order valence-electron chi connectivity index (χ3n) is 6.21. The molecule has 0 atom stereocenters. The number of para-hydroxylation sites is 1. The average Bonchev–Trinajstić information content (AvgIpc) is 3.40. The summed E-state index contributed by atoms with van der Waals surface area (Å²) in [5, 5.41) is 2.35. The SMILES string of the molecule is CC1(C)C=C(CSc2nc3ccsc3c(=O)n2-c2ccccc2)c2cc(F)cc3c2N1C(=O)C3=O. The van der Waals surface area contributed by atoms with Gasteiger partial charge in [-0.25, -0.2) is 9.37 Å². The van der Waals surface area contributed by atoms with Crippen LogP contribution in [-0.2, 0) is 4.79 Å². The topological polar surface area (TPSA) is 72.3 Å². The summed E-state index contributed by atoms with van der Waals surface area (Å²) in [5.74, 6) is -1.55. The van der Waals surface area contributed by atoms with Crippen LogP contribution in [-0.4, -0.2) is 32.5 Å². The van der Waals surface area contributed by atoms with Crippen molar-refractivity contribution in [2.75, 3.05) is 10.7 Å². The molecule has 2 aliphatic rings. The van der Waals surface area contributed by atoms with Crippen molar-refractivity contribution in [2.45, 2.75) is 24.5 Å². The van der Waals surface area contributed by atoms with E-state index in [9.17, 15) is 18.8 Å². The van der Waals surface area contributed by atoms with E-state index in [1.165, 1.54) is 34.1 Å². The van der Waals surface area contributed by atoms with Crippen molar-refractivity contribution < 1.29 is 14.0 Å². The van der Waals surface area contributed by atoms with Crippen LogP contribution in [0.5, 0.6) is 0 Å². The number of fused-ring (bicyclic) bond motifs is 1. The highest BCUT2D eigenvalue weighted by Crippen LogP contribution is 2.46. The fraction of sp³-hybridized carbons (Fsp3) is 0.154. The number of aromatic nitrogens is 2. The standard InChI is InChI=1S/C26H18FN3O3S2/c1-26(2)12-14(17-10-15(27)11-18-20(17)30(26)23(32)21(18)31)13-35-25-28-19-8-9-34-22(19)24(33)29(25)16-6-4-3-5-7-16/h3-12H,13H2,1-2H3. The fourth-order valence-electron chi connectivity index (χ4n) is 4.75. The highest BCUT2D eigenvalue weighted by atomic mass is 32.2. The van der Waals surface area contributed by atoms with E-state index in [0.29, 0.717) is 38.1 Å². The molecule has 0 radical (unpaired) electrons. The maximum atomic E-state index is 14.5. The summed E-state index contributed by atoms with van der Waals surface area (Å²) in [6, 6.07) is 13.6. The number of rotatable bonds is 4. The van der Waals surface area contributed by atoms with Gasteiger partial charge in [0.1, 0.15) is 10.5 Å². The number of nitrogens with zero attached hydrogens (tertiary/aromatic N) is 3. The molecule has 2 aliphatic heterocycles. The zero-order valence-electron chi connectivity index (χ0n) is 18.7. The molecule has 2 aromatic heterocycles. The van der Waals surface area contributed by atoms with Crippen LogP contribution < -0.4 is 10.5 Å². The summed E-state index contributed by atoms with van der Waals surface area (Å²) >= 11 is 2.71. The zero-order chi connectivity index (χ0) is 24.5. The van der Waals surface area contributed by atoms with E-state index in [2.05, 4.69) is 0 Å². The third kappa shape index (κ3) is 3.30. The number of anilines is 1. The second kappa shape index (κ2) is 7.73. The van der Waals surface area contributed by atoms with E-state index in [-0.39, 0.29) is 11.1 Å². The van der Waals surface area contributed by atoms with Crippen molar-refractivity contribution in [1.29, 1.82) is 0 Å². The third-order valence-corrected chi connectivity index (χ3v) is 8.09. The number of Topliss-reactive ketones (excluding diaryl/α,β-unsaturated/α-hetero) is 1. The maximum Gasteiger partial charge on any atom is 0.300 e. The Labute approximate surface area is 207 Å². The first kappa shape index (κ1) is 21.9. The van der Waals surface area contributed by atoms with Gasteiger partial charge in [-0.2, -0.15) is 0 Å². The summed E-state index contributed by atoms with van der Waals surface area (Å²) in [6.07, 6.45) is 1.89.